The standard InChI is InChI=1S/C24H21N3O2/c28-23(20-14-6-2-7-15-20)25-22(18-10-13-19-11-4-1-5-12-19)24(29)27-26-21-16-8-3-9-17-21/h1-18,26H,(H,25,28)(H,27,29)/b13-10+,22-18+. The van der Waals surface area contributed by atoms with Crippen molar-refractivity contribution >= 4 is 23.6 Å². The Kier molecular flexibility index (Phi) is 6.96. The van der Waals surface area contributed by atoms with E-state index in [1.807, 2.05) is 72.8 Å². The van der Waals surface area contributed by atoms with Gasteiger partial charge in [0.05, 0.1) is 5.69 Å². The number of hydrazine groups is 1. The van der Waals surface area contributed by atoms with Crippen molar-refractivity contribution in [1.29, 1.82) is 0 Å². The van der Waals surface area contributed by atoms with Gasteiger partial charge in [-0.2, -0.15) is 0 Å². The van der Waals surface area contributed by atoms with Gasteiger partial charge in [-0.3, -0.25) is 20.4 Å². The molecular formula is C24H21N3O2. The fourth-order valence-corrected chi connectivity index (χ4v) is 2.50. The maximum absolute atomic E-state index is 12.6. The third-order valence-electron chi connectivity index (χ3n) is 3.97. The van der Waals surface area contributed by atoms with Crippen LogP contribution >= 0.6 is 0 Å². The lowest BCUT2D eigenvalue weighted by Gasteiger charge is -2.12. The van der Waals surface area contributed by atoms with Crippen LogP contribution in [0.1, 0.15) is 15.9 Å². The van der Waals surface area contributed by atoms with Crippen molar-refractivity contribution in [3.8, 4) is 0 Å². The first-order valence-electron chi connectivity index (χ1n) is 9.13. The fourth-order valence-electron chi connectivity index (χ4n) is 2.50. The number of anilines is 1. The summed E-state index contributed by atoms with van der Waals surface area (Å²) in [4.78, 5) is 25.1. The molecule has 0 unspecified atom stereocenters. The predicted octanol–water partition coefficient (Wildman–Crippen LogP) is 4.16. The second-order valence-electron chi connectivity index (χ2n) is 6.12. The Labute approximate surface area is 169 Å². The van der Waals surface area contributed by atoms with Crippen LogP contribution in [0.5, 0.6) is 0 Å². The molecule has 0 aliphatic carbocycles. The van der Waals surface area contributed by atoms with Gasteiger partial charge in [0.2, 0.25) is 0 Å². The van der Waals surface area contributed by atoms with Crippen molar-refractivity contribution < 1.29 is 9.59 Å². The highest BCUT2D eigenvalue weighted by Gasteiger charge is 2.13. The van der Waals surface area contributed by atoms with Crippen LogP contribution in [0, 0.1) is 0 Å². The summed E-state index contributed by atoms with van der Waals surface area (Å²) in [7, 11) is 0. The smallest absolute Gasteiger partial charge is 0.286 e. The summed E-state index contributed by atoms with van der Waals surface area (Å²) in [6, 6.07) is 27.7. The van der Waals surface area contributed by atoms with Crippen LogP contribution in [0.2, 0.25) is 0 Å². The van der Waals surface area contributed by atoms with E-state index < -0.39 is 5.91 Å². The van der Waals surface area contributed by atoms with Gasteiger partial charge in [0.1, 0.15) is 5.70 Å². The molecule has 0 spiro atoms. The van der Waals surface area contributed by atoms with Crippen LogP contribution in [-0.2, 0) is 4.79 Å². The molecule has 3 aromatic rings. The molecule has 0 aromatic heterocycles. The molecule has 3 rings (SSSR count). The Balaban J connectivity index is 1.74. The zero-order chi connectivity index (χ0) is 20.3. The van der Waals surface area contributed by atoms with Gasteiger partial charge in [-0.25, -0.2) is 0 Å². The number of carbonyl (C=O) groups excluding carboxylic acids is 2. The maximum atomic E-state index is 12.6. The summed E-state index contributed by atoms with van der Waals surface area (Å²) >= 11 is 0. The Hall–Kier alpha value is -4.12. The summed E-state index contributed by atoms with van der Waals surface area (Å²) in [5.74, 6) is -0.823. The van der Waals surface area contributed by atoms with Crippen LogP contribution in [0.15, 0.2) is 109 Å². The lowest BCUT2D eigenvalue weighted by Crippen LogP contribution is -2.37. The minimum atomic E-state index is -0.462. The van der Waals surface area contributed by atoms with Crippen LogP contribution in [0.4, 0.5) is 5.69 Å². The van der Waals surface area contributed by atoms with E-state index in [0.29, 0.717) is 5.56 Å². The number of carbonyl (C=O) groups is 2. The molecule has 3 aromatic carbocycles. The van der Waals surface area contributed by atoms with Crippen molar-refractivity contribution in [3.63, 3.8) is 0 Å². The SMILES string of the molecule is O=C(NNc1ccccc1)/C(=C\C=C\c1ccccc1)NC(=O)c1ccccc1. The summed E-state index contributed by atoms with van der Waals surface area (Å²) in [5, 5.41) is 2.67. The zero-order valence-corrected chi connectivity index (χ0v) is 15.7. The molecule has 144 valence electrons. The van der Waals surface area contributed by atoms with E-state index in [4.69, 9.17) is 0 Å². The monoisotopic (exact) mass is 383 g/mol. The predicted molar refractivity (Wildman–Crippen MR) is 116 cm³/mol. The molecule has 0 aliphatic heterocycles. The van der Waals surface area contributed by atoms with E-state index >= 15 is 0 Å². The molecule has 0 atom stereocenters. The highest BCUT2D eigenvalue weighted by atomic mass is 16.2. The first kappa shape index (κ1) is 19.6. The Bertz CT molecular complexity index is 998. The van der Waals surface area contributed by atoms with Gasteiger partial charge in [-0.05, 0) is 35.9 Å². The molecular weight excluding hydrogens is 362 g/mol. The van der Waals surface area contributed by atoms with Crippen molar-refractivity contribution in [2.24, 2.45) is 0 Å². The highest BCUT2D eigenvalue weighted by Crippen LogP contribution is 2.06. The third kappa shape index (κ3) is 6.22. The molecule has 5 heteroatoms. The van der Waals surface area contributed by atoms with Crippen LogP contribution in [-0.4, -0.2) is 11.8 Å². The summed E-state index contributed by atoms with van der Waals surface area (Å²) < 4.78 is 0. The topological polar surface area (TPSA) is 70.2 Å². The molecule has 0 bridgehead atoms. The van der Waals surface area contributed by atoms with Crippen LogP contribution in [0.3, 0.4) is 0 Å². The van der Waals surface area contributed by atoms with Crippen LogP contribution < -0.4 is 16.2 Å². The quantitative estimate of drug-likeness (QED) is 0.326. The zero-order valence-electron chi connectivity index (χ0n) is 15.7. The minimum Gasteiger partial charge on any atom is -0.317 e. The van der Waals surface area contributed by atoms with E-state index in [9.17, 15) is 9.59 Å². The number of allylic oxidation sites excluding steroid dienone is 2. The first-order valence-corrected chi connectivity index (χ1v) is 9.13. The Morgan fingerprint density at radius 1 is 0.724 bits per heavy atom. The van der Waals surface area contributed by atoms with Gasteiger partial charge >= 0.3 is 0 Å². The van der Waals surface area contributed by atoms with E-state index in [1.165, 1.54) is 0 Å². The Morgan fingerprint density at radius 2 is 1.31 bits per heavy atom. The number of amides is 2. The van der Waals surface area contributed by atoms with E-state index in [2.05, 4.69) is 16.2 Å². The van der Waals surface area contributed by atoms with E-state index in [-0.39, 0.29) is 11.6 Å². The maximum Gasteiger partial charge on any atom is 0.286 e. The van der Waals surface area contributed by atoms with Gasteiger partial charge < -0.3 is 5.32 Å². The number of hydrogen-bond donors (Lipinski definition) is 3. The van der Waals surface area contributed by atoms with E-state index in [1.54, 1.807) is 36.4 Å². The van der Waals surface area contributed by atoms with Gasteiger partial charge in [0.25, 0.3) is 11.8 Å². The average molecular weight is 383 g/mol. The molecule has 0 fully saturated rings. The van der Waals surface area contributed by atoms with Gasteiger partial charge in [0, 0.05) is 5.56 Å². The summed E-state index contributed by atoms with van der Waals surface area (Å²) in [5.41, 5.74) is 7.73. The molecule has 0 radical (unpaired) electrons. The average Bonchev–Trinajstić information content (AvgIpc) is 2.78. The minimum absolute atomic E-state index is 0.120. The Morgan fingerprint density at radius 3 is 1.97 bits per heavy atom. The van der Waals surface area contributed by atoms with E-state index in [0.717, 1.165) is 11.3 Å². The van der Waals surface area contributed by atoms with Crippen LogP contribution in [0.25, 0.3) is 6.08 Å². The van der Waals surface area contributed by atoms with Gasteiger partial charge in [-0.1, -0.05) is 78.9 Å². The van der Waals surface area contributed by atoms with Crippen molar-refractivity contribution in [1.82, 2.24) is 10.7 Å². The highest BCUT2D eigenvalue weighted by molar-refractivity contribution is 6.03. The lowest BCUT2D eigenvalue weighted by atomic mass is 10.2. The lowest BCUT2D eigenvalue weighted by molar-refractivity contribution is -0.117. The number of benzene rings is 3. The van der Waals surface area contributed by atoms with Crippen molar-refractivity contribution in [2.75, 3.05) is 5.43 Å². The van der Waals surface area contributed by atoms with Gasteiger partial charge in [-0.15, -0.1) is 0 Å². The third-order valence-corrected chi connectivity index (χ3v) is 3.97. The molecule has 3 N–H and O–H groups in total. The summed E-state index contributed by atoms with van der Waals surface area (Å²) in [6.45, 7) is 0. The number of nitrogens with one attached hydrogen (secondary N) is 3. The second-order valence-corrected chi connectivity index (χ2v) is 6.12. The molecule has 0 aliphatic rings. The number of rotatable bonds is 7. The normalized spacial score (nSPS) is 11.1. The molecule has 29 heavy (non-hydrogen) atoms. The molecule has 0 saturated carbocycles. The molecule has 0 saturated heterocycles. The van der Waals surface area contributed by atoms with Gasteiger partial charge in [0.15, 0.2) is 0 Å². The second kappa shape index (κ2) is 10.3. The fraction of sp³-hybridized carbons (Fsp3) is 0. The molecule has 5 nitrogen and oxygen atoms in total. The number of para-hydroxylation sites is 1. The number of hydrogen-bond acceptors (Lipinski definition) is 3. The van der Waals surface area contributed by atoms with Crippen molar-refractivity contribution in [3.05, 3.63) is 120 Å². The summed E-state index contributed by atoms with van der Waals surface area (Å²) in [6.07, 6.45) is 5.14. The molecule has 0 heterocycles. The van der Waals surface area contributed by atoms with Crippen molar-refractivity contribution in [2.45, 2.75) is 0 Å². The molecule has 2 amide bonds. The largest absolute Gasteiger partial charge is 0.317 e. The first-order chi connectivity index (χ1) is 14.2.